The van der Waals surface area contributed by atoms with E-state index in [9.17, 15) is 9.59 Å². The van der Waals surface area contributed by atoms with E-state index < -0.39 is 0 Å². The van der Waals surface area contributed by atoms with Crippen LogP contribution in [0.2, 0.25) is 0 Å². The largest absolute Gasteiger partial charge is 0.345 e. The molecule has 27 heavy (non-hydrogen) atoms. The Morgan fingerprint density at radius 2 is 2.11 bits per heavy atom. The van der Waals surface area contributed by atoms with E-state index in [1.54, 1.807) is 11.6 Å². The Bertz CT molecular complexity index is 891. The molecular weight excluding hydrogens is 344 g/mol. The molecule has 0 aromatic carbocycles. The second kappa shape index (κ2) is 7.72. The first-order chi connectivity index (χ1) is 12.8. The number of aromatic nitrogens is 4. The van der Waals surface area contributed by atoms with Crippen LogP contribution in [-0.4, -0.2) is 42.9 Å². The van der Waals surface area contributed by atoms with E-state index in [4.69, 9.17) is 0 Å². The highest BCUT2D eigenvalue weighted by Gasteiger charge is 2.27. The Morgan fingerprint density at radius 3 is 2.78 bits per heavy atom. The number of aryl methyl sites for hydroxylation is 2. The minimum atomic E-state index is -0.0749. The lowest BCUT2D eigenvalue weighted by Crippen LogP contribution is -2.35. The van der Waals surface area contributed by atoms with E-state index in [1.165, 1.54) is 17.2 Å². The predicted octanol–water partition coefficient (Wildman–Crippen LogP) is 1.49. The molecule has 1 fully saturated rings. The molecule has 148 valence electrons. The molecule has 0 aliphatic carbocycles. The molecule has 8 heteroatoms. The van der Waals surface area contributed by atoms with Crippen molar-refractivity contribution in [3.63, 3.8) is 0 Å². The second-order valence-corrected chi connectivity index (χ2v) is 7.48. The average molecular weight is 374 g/mol. The van der Waals surface area contributed by atoms with Crippen molar-refractivity contribution in [1.29, 1.82) is 0 Å². The molecule has 3 heterocycles. The van der Waals surface area contributed by atoms with E-state index in [0.717, 1.165) is 49.7 Å². The maximum atomic E-state index is 12.2. The SMILES string of the molecule is CCn1c([C@H]2CCCN(Cc3cc(C)n(NC(C)=O)c3C)C2)nn(C)c1=O. The lowest BCUT2D eigenvalue weighted by atomic mass is 9.96. The third-order valence-electron chi connectivity index (χ3n) is 5.42. The van der Waals surface area contributed by atoms with Gasteiger partial charge in [0.15, 0.2) is 0 Å². The van der Waals surface area contributed by atoms with Crippen LogP contribution in [0.3, 0.4) is 0 Å². The van der Waals surface area contributed by atoms with Gasteiger partial charge in [0.2, 0.25) is 5.91 Å². The topological polar surface area (TPSA) is 77.1 Å². The van der Waals surface area contributed by atoms with Crippen LogP contribution in [0, 0.1) is 13.8 Å². The summed E-state index contributed by atoms with van der Waals surface area (Å²) < 4.78 is 5.09. The smallest absolute Gasteiger partial charge is 0.298 e. The lowest BCUT2D eigenvalue weighted by Gasteiger charge is -2.32. The quantitative estimate of drug-likeness (QED) is 0.860. The fourth-order valence-electron chi connectivity index (χ4n) is 4.09. The van der Waals surface area contributed by atoms with Crippen LogP contribution in [0.25, 0.3) is 0 Å². The highest BCUT2D eigenvalue weighted by molar-refractivity contribution is 5.81. The van der Waals surface area contributed by atoms with Crippen molar-refractivity contribution in [3.8, 4) is 0 Å². The number of nitrogens with zero attached hydrogens (tertiary/aromatic N) is 5. The number of rotatable bonds is 5. The fourth-order valence-corrected chi connectivity index (χ4v) is 4.09. The number of nitrogens with one attached hydrogen (secondary N) is 1. The molecule has 2 aromatic rings. The summed E-state index contributed by atoms with van der Waals surface area (Å²) in [5.41, 5.74) is 6.13. The van der Waals surface area contributed by atoms with Crippen LogP contribution in [0.5, 0.6) is 0 Å². The molecule has 2 aromatic heterocycles. The molecule has 0 spiro atoms. The van der Waals surface area contributed by atoms with Gasteiger partial charge in [-0.05, 0) is 51.8 Å². The van der Waals surface area contributed by atoms with Gasteiger partial charge in [-0.1, -0.05) is 0 Å². The Hall–Kier alpha value is -2.35. The number of hydrogen-bond acceptors (Lipinski definition) is 4. The van der Waals surface area contributed by atoms with Gasteiger partial charge < -0.3 is 0 Å². The Kier molecular flexibility index (Phi) is 5.55. The summed E-state index contributed by atoms with van der Waals surface area (Å²) in [6, 6.07) is 2.14. The van der Waals surface area contributed by atoms with Crippen LogP contribution >= 0.6 is 0 Å². The van der Waals surface area contributed by atoms with Crippen molar-refractivity contribution in [2.45, 2.75) is 59.5 Å². The zero-order valence-corrected chi connectivity index (χ0v) is 16.9. The van der Waals surface area contributed by atoms with Crippen LogP contribution in [0.4, 0.5) is 0 Å². The summed E-state index contributed by atoms with van der Waals surface area (Å²) in [7, 11) is 1.72. The number of likely N-dealkylation sites (tertiary alicyclic amines) is 1. The van der Waals surface area contributed by atoms with Gasteiger partial charge in [-0.3, -0.25) is 24.4 Å². The van der Waals surface area contributed by atoms with Crippen molar-refractivity contribution in [1.82, 2.24) is 23.9 Å². The number of carbonyl (C=O) groups excluding carboxylic acids is 1. The predicted molar refractivity (Wildman–Crippen MR) is 104 cm³/mol. The van der Waals surface area contributed by atoms with E-state index >= 15 is 0 Å². The molecular formula is C19H30N6O2. The van der Waals surface area contributed by atoms with E-state index in [1.807, 2.05) is 25.4 Å². The van der Waals surface area contributed by atoms with Gasteiger partial charge in [-0.2, -0.15) is 5.10 Å². The van der Waals surface area contributed by atoms with Crippen molar-refractivity contribution in [2.75, 3.05) is 18.5 Å². The monoisotopic (exact) mass is 374 g/mol. The first kappa shape index (κ1) is 19.4. The maximum absolute atomic E-state index is 12.2. The third-order valence-corrected chi connectivity index (χ3v) is 5.42. The van der Waals surface area contributed by atoms with Crippen LogP contribution in [0.1, 0.15) is 55.4 Å². The zero-order chi connectivity index (χ0) is 19.7. The van der Waals surface area contributed by atoms with Gasteiger partial charge in [0, 0.05) is 50.9 Å². The molecule has 1 aliphatic heterocycles. The number of hydrogen-bond donors (Lipinski definition) is 1. The maximum Gasteiger partial charge on any atom is 0.345 e. The minimum absolute atomic E-state index is 0.0384. The van der Waals surface area contributed by atoms with Gasteiger partial charge >= 0.3 is 5.69 Å². The molecule has 1 amide bonds. The normalized spacial score (nSPS) is 18.0. The summed E-state index contributed by atoms with van der Waals surface area (Å²) in [5, 5.41) is 4.50. The standard InChI is InChI=1S/C19H30N6O2/c1-6-24-18(21-22(5)19(24)27)16-8-7-9-23(11-16)12-17-10-13(2)25(14(17)3)20-15(4)26/h10,16H,6-9,11-12H2,1-5H3,(H,20,26)/t16-/m0/s1. The summed E-state index contributed by atoms with van der Waals surface area (Å²) in [4.78, 5) is 26.1. The molecule has 0 radical (unpaired) electrons. The second-order valence-electron chi connectivity index (χ2n) is 7.48. The average Bonchev–Trinajstić information content (AvgIpc) is 3.05. The molecule has 1 atom stereocenters. The first-order valence-corrected chi connectivity index (χ1v) is 9.63. The summed E-state index contributed by atoms with van der Waals surface area (Å²) in [6.07, 6.45) is 2.14. The van der Waals surface area contributed by atoms with E-state index in [-0.39, 0.29) is 17.5 Å². The fraction of sp³-hybridized carbons (Fsp3) is 0.632. The van der Waals surface area contributed by atoms with Crippen LogP contribution in [0.15, 0.2) is 10.9 Å². The molecule has 8 nitrogen and oxygen atoms in total. The van der Waals surface area contributed by atoms with E-state index in [2.05, 4.69) is 21.5 Å². The van der Waals surface area contributed by atoms with Gasteiger partial charge in [-0.15, -0.1) is 0 Å². The lowest BCUT2D eigenvalue weighted by molar-refractivity contribution is -0.115. The molecule has 1 N–H and O–H groups in total. The molecule has 0 bridgehead atoms. The van der Waals surface area contributed by atoms with Crippen molar-refractivity contribution < 1.29 is 4.79 Å². The van der Waals surface area contributed by atoms with Crippen LogP contribution < -0.4 is 11.1 Å². The van der Waals surface area contributed by atoms with Gasteiger partial charge in [0.05, 0.1) is 0 Å². The van der Waals surface area contributed by atoms with Gasteiger partial charge in [-0.25, -0.2) is 9.48 Å². The Morgan fingerprint density at radius 1 is 1.37 bits per heavy atom. The summed E-state index contributed by atoms with van der Waals surface area (Å²) >= 11 is 0. The van der Waals surface area contributed by atoms with Crippen molar-refractivity contribution in [2.24, 2.45) is 7.05 Å². The number of carbonyl (C=O) groups is 1. The van der Waals surface area contributed by atoms with Gasteiger partial charge in [0.25, 0.3) is 0 Å². The minimum Gasteiger partial charge on any atom is -0.298 e. The Labute approximate surface area is 159 Å². The number of amides is 1. The van der Waals surface area contributed by atoms with Crippen LogP contribution in [-0.2, 0) is 24.9 Å². The first-order valence-electron chi connectivity index (χ1n) is 9.63. The zero-order valence-electron chi connectivity index (χ0n) is 16.9. The summed E-state index contributed by atoms with van der Waals surface area (Å²) in [5.74, 6) is 1.10. The highest BCUT2D eigenvalue weighted by Crippen LogP contribution is 2.27. The Balaban J connectivity index is 1.77. The molecule has 0 saturated carbocycles. The van der Waals surface area contributed by atoms with Crippen molar-refractivity contribution in [3.05, 3.63) is 39.3 Å². The highest BCUT2D eigenvalue weighted by atomic mass is 16.2. The summed E-state index contributed by atoms with van der Waals surface area (Å²) in [6.45, 7) is 10.9. The van der Waals surface area contributed by atoms with Gasteiger partial charge in [0.1, 0.15) is 5.82 Å². The van der Waals surface area contributed by atoms with E-state index in [0.29, 0.717) is 6.54 Å². The molecule has 1 saturated heterocycles. The third kappa shape index (κ3) is 3.85. The van der Waals surface area contributed by atoms with Crippen molar-refractivity contribution >= 4 is 5.91 Å². The molecule has 3 rings (SSSR count). The molecule has 0 unspecified atom stereocenters. The number of piperidine rings is 1. The molecule has 1 aliphatic rings.